The first kappa shape index (κ1) is 13.1. The lowest BCUT2D eigenvalue weighted by molar-refractivity contribution is -0.151. The van der Waals surface area contributed by atoms with E-state index < -0.39 is 12.0 Å². The molecular formula is C14H16BrNO3. The Kier molecular flexibility index (Phi) is 3.60. The highest BCUT2D eigenvalue weighted by atomic mass is 79.9. The fourth-order valence-electron chi connectivity index (χ4n) is 3.13. The molecule has 1 fully saturated rings. The lowest BCUT2D eigenvalue weighted by atomic mass is 10.0. The van der Waals surface area contributed by atoms with Gasteiger partial charge in [-0.05, 0) is 30.0 Å². The number of rotatable bonds is 2. The van der Waals surface area contributed by atoms with Crippen LogP contribution in [-0.2, 0) is 16.0 Å². The van der Waals surface area contributed by atoms with E-state index in [0.717, 1.165) is 17.3 Å². The van der Waals surface area contributed by atoms with Crippen molar-refractivity contribution in [3.63, 3.8) is 0 Å². The third-order valence-electron chi connectivity index (χ3n) is 4.04. The van der Waals surface area contributed by atoms with Crippen LogP contribution < -0.4 is 0 Å². The number of hydrogen-bond donors (Lipinski definition) is 1. The van der Waals surface area contributed by atoms with Gasteiger partial charge in [0, 0.05) is 17.1 Å². The highest BCUT2D eigenvalue weighted by molar-refractivity contribution is 9.10. The molecule has 0 aromatic heterocycles. The molecule has 2 unspecified atom stereocenters. The molecular weight excluding hydrogens is 310 g/mol. The monoisotopic (exact) mass is 325 g/mol. The maximum absolute atomic E-state index is 11.4. The average Bonchev–Trinajstić information content (AvgIpc) is 2.84. The Morgan fingerprint density at radius 3 is 3.11 bits per heavy atom. The Balaban J connectivity index is 1.91. The van der Waals surface area contributed by atoms with Crippen LogP contribution in [0.4, 0.5) is 0 Å². The van der Waals surface area contributed by atoms with Gasteiger partial charge in [0.25, 0.3) is 0 Å². The second-order valence-electron chi connectivity index (χ2n) is 5.03. The first-order chi connectivity index (χ1) is 9.18. The normalized spacial score (nSPS) is 27.2. The predicted octanol–water partition coefficient (Wildman–Crippen LogP) is 2.22. The number of halogens is 1. The molecule has 3 rings (SSSR count). The van der Waals surface area contributed by atoms with Gasteiger partial charge >= 0.3 is 5.97 Å². The fourth-order valence-corrected chi connectivity index (χ4v) is 3.71. The summed E-state index contributed by atoms with van der Waals surface area (Å²) < 4.78 is 6.45. The van der Waals surface area contributed by atoms with E-state index in [-0.39, 0.29) is 12.6 Å². The quantitative estimate of drug-likeness (QED) is 0.905. The standard InChI is InChI=1S/C14H16BrNO3/c15-11-3-1-2-10-9(11)4-5-12(10)16-6-7-19-8-13(16)14(17)18/h1-3,12-13H,4-8H2,(H,17,18). The van der Waals surface area contributed by atoms with E-state index in [0.29, 0.717) is 13.2 Å². The smallest absolute Gasteiger partial charge is 0.323 e. The summed E-state index contributed by atoms with van der Waals surface area (Å²) in [4.78, 5) is 13.5. The zero-order valence-corrected chi connectivity index (χ0v) is 12.1. The Labute approximate surface area is 120 Å². The van der Waals surface area contributed by atoms with Gasteiger partial charge in [0.05, 0.1) is 13.2 Å². The summed E-state index contributed by atoms with van der Waals surface area (Å²) in [5, 5.41) is 9.34. The largest absolute Gasteiger partial charge is 0.480 e. The summed E-state index contributed by atoms with van der Waals surface area (Å²) >= 11 is 3.58. The van der Waals surface area contributed by atoms with Crippen molar-refractivity contribution in [3.05, 3.63) is 33.8 Å². The number of hydrogen-bond acceptors (Lipinski definition) is 3. The minimum absolute atomic E-state index is 0.206. The molecule has 2 atom stereocenters. The van der Waals surface area contributed by atoms with Crippen LogP contribution in [0.15, 0.2) is 22.7 Å². The maximum Gasteiger partial charge on any atom is 0.323 e. The zero-order valence-electron chi connectivity index (χ0n) is 10.5. The number of nitrogens with zero attached hydrogens (tertiary/aromatic N) is 1. The molecule has 1 aromatic carbocycles. The molecule has 1 N–H and O–H groups in total. The van der Waals surface area contributed by atoms with Crippen molar-refractivity contribution in [1.82, 2.24) is 4.90 Å². The number of morpholine rings is 1. The summed E-state index contributed by atoms with van der Waals surface area (Å²) in [7, 11) is 0. The molecule has 2 aliphatic rings. The average molecular weight is 326 g/mol. The molecule has 1 aromatic rings. The van der Waals surface area contributed by atoms with Crippen LogP contribution in [0.2, 0.25) is 0 Å². The first-order valence-electron chi connectivity index (χ1n) is 6.52. The van der Waals surface area contributed by atoms with E-state index in [1.54, 1.807) is 0 Å². The molecule has 19 heavy (non-hydrogen) atoms. The van der Waals surface area contributed by atoms with E-state index in [4.69, 9.17) is 4.74 Å². The molecule has 102 valence electrons. The van der Waals surface area contributed by atoms with Crippen molar-refractivity contribution < 1.29 is 14.6 Å². The van der Waals surface area contributed by atoms with Gasteiger partial charge in [-0.25, -0.2) is 0 Å². The summed E-state index contributed by atoms with van der Waals surface area (Å²) in [5.74, 6) is -0.789. The van der Waals surface area contributed by atoms with Crippen LogP contribution >= 0.6 is 15.9 Å². The molecule has 0 radical (unpaired) electrons. The van der Waals surface area contributed by atoms with Crippen molar-refractivity contribution in [2.45, 2.75) is 24.9 Å². The van der Waals surface area contributed by atoms with Crippen LogP contribution in [0, 0.1) is 0 Å². The van der Waals surface area contributed by atoms with Crippen LogP contribution in [-0.4, -0.2) is 41.8 Å². The highest BCUT2D eigenvalue weighted by Gasteiger charge is 2.37. The molecule has 0 bridgehead atoms. The lowest BCUT2D eigenvalue weighted by Gasteiger charge is -2.37. The van der Waals surface area contributed by atoms with Gasteiger partial charge in [0.2, 0.25) is 0 Å². The summed E-state index contributed by atoms with van der Waals surface area (Å²) in [6.07, 6.45) is 1.99. The van der Waals surface area contributed by atoms with E-state index in [1.807, 2.05) is 6.07 Å². The van der Waals surface area contributed by atoms with Crippen molar-refractivity contribution in [2.75, 3.05) is 19.8 Å². The van der Waals surface area contributed by atoms with Gasteiger partial charge in [0.1, 0.15) is 6.04 Å². The van der Waals surface area contributed by atoms with E-state index >= 15 is 0 Å². The molecule has 0 saturated carbocycles. The van der Waals surface area contributed by atoms with E-state index in [2.05, 4.69) is 33.0 Å². The SMILES string of the molecule is O=C(O)C1COCCN1C1CCc2c(Br)cccc21. The number of aliphatic carboxylic acids is 1. The summed E-state index contributed by atoms with van der Waals surface area (Å²) in [5.41, 5.74) is 2.59. The van der Waals surface area contributed by atoms with Crippen LogP contribution in [0.3, 0.4) is 0 Å². The van der Waals surface area contributed by atoms with Gasteiger partial charge in [-0.1, -0.05) is 28.1 Å². The molecule has 5 heteroatoms. The summed E-state index contributed by atoms with van der Waals surface area (Å²) in [6, 6.07) is 5.87. The van der Waals surface area contributed by atoms with Crippen LogP contribution in [0.5, 0.6) is 0 Å². The second kappa shape index (κ2) is 5.23. The van der Waals surface area contributed by atoms with Crippen molar-refractivity contribution in [2.24, 2.45) is 0 Å². The summed E-state index contributed by atoms with van der Waals surface area (Å²) in [6.45, 7) is 1.59. The number of fused-ring (bicyclic) bond motifs is 1. The fraction of sp³-hybridized carbons (Fsp3) is 0.500. The van der Waals surface area contributed by atoms with Gasteiger partial charge < -0.3 is 9.84 Å². The number of carboxylic acid groups (broad SMARTS) is 1. The molecule has 1 aliphatic heterocycles. The number of carbonyl (C=O) groups is 1. The Bertz CT molecular complexity index is 505. The molecule has 0 spiro atoms. The number of benzene rings is 1. The van der Waals surface area contributed by atoms with Gasteiger partial charge in [-0.3, -0.25) is 9.69 Å². The molecule has 1 aliphatic carbocycles. The van der Waals surface area contributed by atoms with Crippen molar-refractivity contribution in [1.29, 1.82) is 0 Å². The third-order valence-corrected chi connectivity index (χ3v) is 4.78. The maximum atomic E-state index is 11.4. The van der Waals surface area contributed by atoms with Crippen LogP contribution in [0.25, 0.3) is 0 Å². The minimum Gasteiger partial charge on any atom is -0.480 e. The van der Waals surface area contributed by atoms with Gasteiger partial charge in [-0.2, -0.15) is 0 Å². The lowest BCUT2D eigenvalue weighted by Crippen LogP contribution is -2.50. The topological polar surface area (TPSA) is 49.8 Å². The van der Waals surface area contributed by atoms with E-state index in [9.17, 15) is 9.90 Å². The first-order valence-corrected chi connectivity index (χ1v) is 7.31. The number of ether oxygens (including phenoxy) is 1. The molecule has 1 saturated heterocycles. The second-order valence-corrected chi connectivity index (χ2v) is 5.88. The van der Waals surface area contributed by atoms with Gasteiger partial charge in [0.15, 0.2) is 0 Å². The van der Waals surface area contributed by atoms with Crippen molar-refractivity contribution >= 4 is 21.9 Å². The Morgan fingerprint density at radius 2 is 2.32 bits per heavy atom. The Morgan fingerprint density at radius 1 is 1.47 bits per heavy atom. The Hall–Kier alpha value is -0.910. The highest BCUT2D eigenvalue weighted by Crippen LogP contribution is 2.40. The van der Waals surface area contributed by atoms with Crippen LogP contribution in [0.1, 0.15) is 23.6 Å². The zero-order chi connectivity index (χ0) is 13.4. The molecule has 0 amide bonds. The van der Waals surface area contributed by atoms with Gasteiger partial charge in [-0.15, -0.1) is 0 Å². The van der Waals surface area contributed by atoms with E-state index in [1.165, 1.54) is 11.1 Å². The number of carboxylic acids is 1. The molecule has 4 nitrogen and oxygen atoms in total. The van der Waals surface area contributed by atoms with Crippen molar-refractivity contribution in [3.8, 4) is 0 Å². The third kappa shape index (κ3) is 2.30. The minimum atomic E-state index is -0.789. The predicted molar refractivity (Wildman–Crippen MR) is 74.2 cm³/mol. The molecule has 1 heterocycles.